The van der Waals surface area contributed by atoms with Crippen molar-refractivity contribution in [2.45, 2.75) is 57.4 Å². The van der Waals surface area contributed by atoms with Gasteiger partial charge in [-0.15, -0.1) is 6.58 Å². The summed E-state index contributed by atoms with van der Waals surface area (Å²) in [4.78, 5) is 23.2. The molecular formula is C16H25NO4. The highest BCUT2D eigenvalue weighted by Gasteiger charge is 2.43. The van der Waals surface area contributed by atoms with Gasteiger partial charge in [-0.25, -0.2) is 9.59 Å². The number of aliphatic carboxylic acids is 1. The predicted molar refractivity (Wildman–Crippen MR) is 79.0 cm³/mol. The Hall–Kier alpha value is -1.52. The van der Waals surface area contributed by atoms with Gasteiger partial charge in [0, 0.05) is 5.41 Å². The Bertz CT molecular complexity index is 397. The summed E-state index contributed by atoms with van der Waals surface area (Å²) in [5.74, 6) is -0.946. The Kier molecular flexibility index (Phi) is 5.26. The highest BCUT2D eigenvalue weighted by Crippen LogP contribution is 2.49. The van der Waals surface area contributed by atoms with Crippen LogP contribution in [0.5, 0.6) is 0 Å². The van der Waals surface area contributed by atoms with E-state index in [1.807, 2.05) is 6.08 Å². The number of nitrogens with one attached hydrogen (secondary N) is 1. The molecule has 0 aromatic heterocycles. The van der Waals surface area contributed by atoms with Crippen LogP contribution in [0.3, 0.4) is 0 Å². The molecule has 0 aliphatic heterocycles. The van der Waals surface area contributed by atoms with Crippen molar-refractivity contribution >= 4 is 12.1 Å². The van der Waals surface area contributed by atoms with E-state index in [0.29, 0.717) is 6.61 Å². The second-order valence-electron chi connectivity index (χ2n) is 6.43. The Morgan fingerprint density at radius 1 is 1.33 bits per heavy atom. The topological polar surface area (TPSA) is 75.6 Å². The lowest BCUT2D eigenvalue weighted by molar-refractivity contribution is -0.141. The molecule has 5 nitrogen and oxygen atoms in total. The Morgan fingerprint density at radius 2 is 2.00 bits per heavy atom. The SMILES string of the molecule is C=CCC1(COC(=O)N[C@H](C(=O)O)C2CCCCC2)CC1. The lowest BCUT2D eigenvalue weighted by Gasteiger charge is -2.28. The maximum absolute atomic E-state index is 11.9. The molecule has 1 atom stereocenters. The lowest BCUT2D eigenvalue weighted by Crippen LogP contribution is -2.47. The molecule has 1 amide bonds. The van der Waals surface area contributed by atoms with Crippen LogP contribution in [-0.2, 0) is 9.53 Å². The van der Waals surface area contributed by atoms with E-state index < -0.39 is 18.1 Å². The van der Waals surface area contributed by atoms with Gasteiger partial charge in [0.05, 0.1) is 6.61 Å². The summed E-state index contributed by atoms with van der Waals surface area (Å²) in [6.45, 7) is 4.06. The number of allylic oxidation sites excluding steroid dienone is 1. The smallest absolute Gasteiger partial charge is 0.407 e. The molecule has 2 N–H and O–H groups in total. The van der Waals surface area contributed by atoms with Crippen LogP contribution < -0.4 is 5.32 Å². The fourth-order valence-corrected chi connectivity index (χ4v) is 3.13. The minimum absolute atomic E-state index is 0.0202. The molecule has 2 rings (SSSR count). The van der Waals surface area contributed by atoms with Crippen molar-refractivity contribution in [3.05, 3.63) is 12.7 Å². The molecule has 5 heteroatoms. The molecule has 0 spiro atoms. The minimum Gasteiger partial charge on any atom is -0.480 e. The summed E-state index contributed by atoms with van der Waals surface area (Å²) in [7, 11) is 0. The summed E-state index contributed by atoms with van der Waals surface area (Å²) in [5.41, 5.74) is 0.0582. The molecule has 2 aliphatic carbocycles. The van der Waals surface area contributed by atoms with Crippen molar-refractivity contribution in [3.8, 4) is 0 Å². The van der Waals surface area contributed by atoms with E-state index in [9.17, 15) is 14.7 Å². The first-order chi connectivity index (χ1) is 10.1. The second-order valence-corrected chi connectivity index (χ2v) is 6.43. The number of carbonyl (C=O) groups excluding carboxylic acids is 1. The molecule has 2 aliphatic rings. The fourth-order valence-electron chi connectivity index (χ4n) is 3.13. The number of amides is 1. The van der Waals surface area contributed by atoms with Gasteiger partial charge in [-0.05, 0) is 38.0 Å². The number of carbonyl (C=O) groups is 2. The molecule has 0 aromatic carbocycles. The Balaban J connectivity index is 1.80. The fraction of sp³-hybridized carbons (Fsp3) is 0.750. The molecule has 0 aromatic rings. The number of hydrogen-bond donors (Lipinski definition) is 2. The largest absolute Gasteiger partial charge is 0.480 e. The third-order valence-corrected chi connectivity index (χ3v) is 4.70. The van der Waals surface area contributed by atoms with E-state index in [-0.39, 0.29) is 11.3 Å². The van der Waals surface area contributed by atoms with Gasteiger partial charge in [-0.2, -0.15) is 0 Å². The zero-order valence-corrected chi connectivity index (χ0v) is 12.5. The van der Waals surface area contributed by atoms with E-state index in [0.717, 1.165) is 51.4 Å². The average Bonchev–Trinajstić information content (AvgIpc) is 3.24. The molecule has 0 unspecified atom stereocenters. The average molecular weight is 295 g/mol. The first kappa shape index (κ1) is 15.9. The van der Waals surface area contributed by atoms with Crippen molar-refractivity contribution in [3.63, 3.8) is 0 Å². The molecule has 0 radical (unpaired) electrons. The van der Waals surface area contributed by atoms with E-state index in [1.54, 1.807) is 0 Å². The minimum atomic E-state index is -0.967. The first-order valence-electron chi connectivity index (χ1n) is 7.83. The maximum Gasteiger partial charge on any atom is 0.407 e. The van der Waals surface area contributed by atoms with Gasteiger partial charge >= 0.3 is 12.1 Å². The van der Waals surface area contributed by atoms with Crippen LogP contribution >= 0.6 is 0 Å². The van der Waals surface area contributed by atoms with Crippen molar-refractivity contribution in [1.82, 2.24) is 5.32 Å². The highest BCUT2D eigenvalue weighted by molar-refractivity contribution is 5.80. The molecule has 2 fully saturated rings. The molecule has 118 valence electrons. The van der Waals surface area contributed by atoms with E-state index in [2.05, 4.69) is 11.9 Å². The van der Waals surface area contributed by atoms with Gasteiger partial charge in [-0.1, -0.05) is 25.3 Å². The number of hydrogen-bond acceptors (Lipinski definition) is 3. The first-order valence-corrected chi connectivity index (χ1v) is 7.83. The summed E-state index contributed by atoms with van der Waals surface area (Å²) < 4.78 is 5.23. The third kappa shape index (κ3) is 4.48. The van der Waals surface area contributed by atoms with Crippen molar-refractivity contribution in [2.75, 3.05) is 6.61 Å². The normalized spacial score (nSPS) is 22.1. The number of carboxylic acid groups (broad SMARTS) is 1. The van der Waals surface area contributed by atoms with Gasteiger partial charge in [0.25, 0.3) is 0 Å². The molecule has 0 heterocycles. The van der Waals surface area contributed by atoms with Crippen LogP contribution in [0.1, 0.15) is 51.4 Å². The zero-order chi connectivity index (χ0) is 15.3. The van der Waals surface area contributed by atoms with E-state index in [4.69, 9.17) is 4.74 Å². The third-order valence-electron chi connectivity index (χ3n) is 4.70. The Morgan fingerprint density at radius 3 is 2.52 bits per heavy atom. The van der Waals surface area contributed by atoms with Crippen LogP contribution in [0, 0.1) is 11.3 Å². The van der Waals surface area contributed by atoms with E-state index in [1.165, 1.54) is 0 Å². The highest BCUT2D eigenvalue weighted by atomic mass is 16.5. The maximum atomic E-state index is 11.9. The van der Waals surface area contributed by atoms with Gasteiger partial charge in [0.1, 0.15) is 6.04 Å². The van der Waals surface area contributed by atoms with Crippen LogP contribution in [0.4, 0.5) is 4.79 Å². The standard InChI is InChI=1S/C16H25NO4/c1-2-8-16(9-10-16)11-21-15(20)17-13(14(18)19)12-6-4-3-5-7-12/h2,12-13H,1,3-11H2,(H,17,20)(H,18,19)/t13-/m0/s1. The van der Waals surface area contributed by atoms with Gasteiger partial charge in [-0.3, -0.25) is 0 Å². The molecule has 21 heavy (non-hydrogen) atoms. The van der Waals surface area contributed by atoms with Gasteiger partial charge < -0.3 is 15.2 Å². The molecule has 0 saturated heterocycles. The summed E-state index contributed by atoms with van der Waals surface area (Å²) >= 11 is 0. The summed E-state index contributed by atoms with van der Waals surface area (Å²) in [5, 5.41) is 11.9. The van der Waals surface area contributed by atoms with Gasteiger partial charge in [0.2, 0.25) is 0 Å². The zero-order valence-electron chi connectivity index (χ0n) is 12.5. The molecule has 2 saturated carbocycles. The lowest BCUT2D eigenvalue weighted by atomic mass is 9.84. The number of rotatable bonds is 7. The van der Waals surface area contributed by atoms with Crippen molar-refractivity contribution < 1.29 is 19.4 Å². The Labute approximate surface area is 125 Å². The predicted octanol–water partition coefficient (Wildman–Crippen LogP) is 3.10. The van der Waals surface area contributed by atoms with Crippen molar-refractivity contribution in [1.29, 1.82) is 0 Å². The molecule has 0 bridgehead atoms. The van der Waals surface area contributed by atoms with Crippen molar-refractivity contribution in [2.24, 2.45) is 11.3 Å². The monoisotopic (exact) mass is 295 g/mol. The van der Waals surface area contributed by atoms with Crippen LogP contribution in [0.25, 0.3) is 0 Å². The second kappa shape index (κ2) is 6.96. The van der Waals surface area contributed by atoms with Crippen LogP contribution in [0.2, 0.25) is 0 Å². The quantitative estimate of drug-likeness (QED) is 0.708. The molecular weight excluding hydrogens is 270 g/mol. The van der Waals surface area contributed by atoms with E-state index >= 15 is 0 Å². The van der Waals surface area contributed by atoms with Crippen LogP contribution in [-0.4, -0.2) is 29.8 Å². The van der Waals surface area contributed by atoms with Crippen LogP contribution in [0.15, 0.2) is 12.7 Å². The number of carboxylic acids is 1. The summed E-state index contributed by atoms with van der Waals surface area (Å²) in [6, 6.07) is -0.827. The number of alkyl carbamates (subject to hydrolysis) is 1. The van der Waals surface area contributed by atoms with Gasteiger partial charge in [0.15, 0.2) is 0 Å². The summed E-state index contributed by atoms with van der Waals surface area (Å²) in [6.07, 6.45) is 9.09. The number of ether oxygens (including phenoxy) is 1.